The van der Waals surface area contributed by atoms with Gasteiger partial charge in [-0.3, -0.25) is 0 Å². The SMILES string of the molecule is C=C(C)CCCCCNc1ccc(SC)cc1C(C)(C)CC. The maximum absolute atomic E-state index is 3.97. The molecule has 0 radical (unpaired) electrons. The molecule has 22 heavy (non-hydrogen) atoms. The average Bonchev–Trinajstić information content (AvgIpc) is 2.50. The molecule has 0 amide bonds. The lowest BCUT2D eigenvalue weighted by Gasteiger charge is -2.27. The Balaban J connectivity index is 2.64. The summed E-state index contributed by atoms with van der Waals surface area (Å²) < 4.78 is 0. The summed E-state index contributed by atoms with van der Waals surface area (Å²) in [6.45, 7) is 14.1. The monoisotopic (exact) mass is 319 g/mol. The van der Waals surface area contributed by atoms with Crippen LogP contribution in [0.5, 0.6) is 0 Å². The van der Waals surface area contributed by atoms with Gasteiger partial charge in [0.1, 0.15) is 0 Å². The third kappa shape index (κ3) is 6.08. The molecule has 0 unspecified atom stereocenters. The molecule has 0 atom stereocenters. The smallest absolute Gasteiger partial charge is 0.0379 e. The van der Waals surface area contributed by atoms with Gasteiger partial charge in [-0.25, -0.2) is 0 Å². The van der Waals surface area contributed by atoms with E-state index in [-0.39, 0.29) is 5.41 Å². The van der Waals surface area contributed by atoms with Crippen molar-refractivity contribution >= 4 is 17.4 Å². The van der Waals surface area contributed by atoms with Crippen LogP contribution in [0.2, 0.25) is 0 Å². The van der Waals surface area contributed by atoms with Crippen LogP contribution in [-0.4, -0.2) is 12.8 Å². The molecule has 1 aromatic carbocycles. The number of allylic oxidation sites excluding steroid dienone is 1. The van der Waals surface area contributed by atoms with Crippen LogP contribution in [-0.2, 0) is 5.41 Å². The van der Waals surface area contributed by atoms with Gasteiger partial charge in [-0.05, 0) is 68.0 Å². The Morgan fingerprint density at radius 2 is 1.95 bits per heavy atom. The van der Waals surface area contributed by atoms with E-state index in [0.29, 0.717) is 0 Å². The number of unbranched alkanes of at least 4 members (excludes halogenated alkanes) is 2. The summed E-state index contributed by atoms with van der Waals surface area (Å²) in [5.41, 5.74) is 4.27. The van der Waals surface area contributed by atoms with Crippen LogP contribution < -0.4 is 5.32 Å². The largest absolute Gasteiger partial charge is 0.385 e. The molecule has 1 nitrogen and oxygen atoms in total. The van der Waals surface area contributed by atoms with Crippen molar-refractivity contribution in [3.8, 4) is 0 Å². The minimum atomic E-state index is 0.216. The highest BCUT2D eigenvalue weighted by Gasteiger charge is 2.21. The van der Waals surface area contributed by atoms with Crippen molar-refractivity contribution in [1.29, 1.82) is 0 Å². The van der Waals surface area contributed by atoms with E-state index in [0.717, 1.165) is 19.4 Å². The molecule has 0 aliphatic rings. The summed E-state index contributed by atoms with van der Waals surface area (Å²) in [5.74, 6) is 0. The van der Waals surface area contributed by atoms with Crippen LogP contribution in [0.3, 0.4) is 0 Å². The van der Waals surface area contributed by atoms with Gasteiger partial charge in [0.2, 0.25) is 0 Å². The zero-order chi connectivity index (χ0) is 16.6. The topological polar surface area (TPSA) is 12.0 Å². The molecule has 0 aliphatic heterocycles. The Morgan fingerprint density at radius 3 is 2.55 bits per heavy atom. The highest BCUT2D eigenvalue weighted by molar-refractivity contribution is 7.98. The average molecular weight is 320 g/mol. The lowest BCUT2D eigenvalue weighted by Crippen LogP contribution is -2.18. The molecule has 0 saturated heterocycles. The maximum Gasteiger partial charge on any atom is 0.0379 e. The van der Waals surface area contributed by atoms with Gasteiger partial charge in [0.25, 0.3) is 0 Å². The second-order valence-electron chi connectivity index (χ2n) is 6.84. The van der Waals surface area contributed by atoms with E-state index in [1.165, 1.54) is 41.0 Å². The van der Waals surface area contributed by atoms with Crippen molar-refractivity contribution in [2.45, 2.75) is 70.1 Å². The summed E-state index contributed by atoms with van der Waals surface area (Å²) in [4.78, 5) is 1.35. The fourth-order valence-corrected chi connectivity index (χ4v) is 2.95. The first-order valence-corrected chi connectivity index (χ1v) is 9.70. The van der Waals surface area contributed by atoms with Crippen LogP contribution >= 0.6 is 11.8 Å². The molecule has 1 aromatic rings. The van der Waals surface area contributed by atoms with E-state index in [1.807, 2.05) is 11.8 Å². The fraction of sp³-hybridized carbons (Fsp3) is 0.600. The lowest BCUT2D eigenvalue weighted by atomic mass is 9.81. The molecule has 0 fully saturated rings. The molecular formula is C20H33NS. The summed E-state index contributed by atoms with van der Waals surface area (Å²) >= 11 is 1.82. The van der Waals surface area contributed by atoms with E-state index in [1.54, 1.807) is 0 Å². The standard InChI is InChI=1S/C20H33NS/c1-7-20(4,5)18-15-17(22-6)12-13-19(18)21-14-10-8-9-11-16(2)3/h12-13,15,21H,2,7-11,14H2,1,3-6H3. The summed E-state index contributed by atoms with van der Waals surface area (Å²) in [7, 11) is 0. The number of nitrogens with one attached hydrogen (secondary N) is 1. The second kappa shape index (κ2) is 9.29. The number of hydrogen-bond acceptors (Lipinski definition) is 2. The van der Waals surface area contributed by atoms with Gasteiger partial charge in [0, 0.05) is 17.1 Å². The van der Waals surface area contributed by atoms with Gasteiger partial charge in [-0.1, -0.05) is 32.8 Å². The number of anilines is 1. The third-order valence-corrected chi connectivity index (χ3v) is 5.16. The Labute approximate surface area is 142 Å². The van der Waals surface area contributed by atoms with Crippen LogP contribution in [0.4, 0.5) is 5.69 Å². The molecule has 1 rings (SSSR count). The highest BCUT2D eigenvalue weighted by atomic mass is 32.2. The van der Waals surface area contributed by atoms with E-state index >= 15 is 0 Å². The molecular weight excluding hydrogens is 286 g/mol. The second-order valence-corrected chi connectivity index (χ2v) is 7.72. The molecule has 0 spiro atoms. The van der Waals surface area contributed by atoms with Gasteiger partial charge >= 0.3 is 0 Å². The van der Waals surface area contributed by atoms with Crippen molar-refractivity contribution < 1.29 is 0 Å². The molecule has 0 heterocycles. The van der Waals surface area contributed by atoms with E-state index in [2.05, 4.69) is 64.0 Å². The van der Waals surface area contributed by atoms with Crippen molar-refractivity contribution in [2.75, 3.05) is 18.1 Å². The quantitative estimate of drug-likeness (QED) is 0.294. The number of rotatable bonds is 10. The number of benzene rings is 1. The van der Waals surface area contributed by atoms with E-state index < -0.39 is 0 Å². The fourth-order valence-electron chi connectivity index (χ4n) is 2.51. The van der Waals surface area contributed by atoms with Crippen LogP contribution in [0.25, 0.3) is 0 Å². The Kier molecular flexibility index (Phi) is 8.09. The summed E-state index contributed by atoms with van der Waals surface area (Å²) in [6.07, 6.45) is 8.22. The number of thioether (sulfide) groups is 1. The normalized spacial score (nSPS) is 11.5. The van der Waals surface area contributed by atoms with Crippen LogP contribution in [0, 0.1) is 0 Å². The van der Waals surface area contributed by atoms with Gasteiger partial charge < -0.3 is 5.32 Å². The third-order valence-electron chi connectivity index (χ3n) is 4.44. The molecule has 0 saturated carbocycles. The molecule has 1 N–H and O–H groups in total. The zero-order valence-electron chi connectivity index (χ0n) is 15.1. The Hall–Kier alpha value is -0.890. The van der Waals surface area contributed by atoms with E-state index in [9.17, 15) is 0 Å². The number of hydrogen-bond donors (Lipinski definition) is 1. The van der Waals surface area contributed by atoms with Crippen molar-refractivity contribution in [1.82, 2.24) is 0 Å². The predicted molar refractivity (Wildman–Crippen MR) is 103 cm³/mol. The van der Waals surface area contributed by atoms with Crippen molar-refractivity contribution in [3.63, 3.8) is 0 Å². The van der Waals surface area contributed by atoms with Crippen LogP contribution in [0.1, 0.15) is 65.4 Å². The maximum atomic E-state index is 3.97. The minimum Gasteiger partial charge on any atom is -0.385 e. The van der Waals surface area contributed by atoms with Gasteiger partial charge in [0.15, 0.2) is 0 Å². The Morgan fingerprint density at radius 1 is 1.23 bits per heavy atom. The van der Waals surface area contributed by atoms with Gasteiger partial charge in [-0.15, -0.1) is 18.3 Å². The first kappa shape index (κ1) is 19.2. The van der Waals surface area contributed by atoms with Crippen LogP contribution in [0.15, 0.2) is 35.2 Å². The van der Waals surface area contributed by atoms with Gasteiger partial charge in [0.05, 0.1) is 0 Å². The molecule has 0 bridgehead atoms. The summed E-state index contributed by atoms with van der Waals surface area (Å²) in [6, 6.07) is 6.84. The molecule has 0 aromatic heterocycles. The highest BCUT2D eigenvalue weighted by Crippen LogP contribution is 2.35. The molecule has 124 valence electrons. The summed E-state index contributed by atoms with van der Waals surface area (Å²) in [5, 5.41) is 3.66. The molecule has 2 heteroatoms. The Bertz CT molecular complexity index is 477. The first-order valence-electron chi connectivity index (χ1n) is 8.47. The lowest BCUT2D eigenvalue weighted by molar-refractivity contribution is 0.506. The zero-order valence-corrected chi connectivity index (χ0v) is 15.9. The first-order chi connectivity index (χ1) is 10.4. The van der Waals surface area contributed by atoms with Gasteiger partial charge in [-0.2, -0.15) is 0 Å². The van der Waals surface area contributed by atoms with Crippen molar-refractivity contribution in [2.24, 2.45) is 0 Å². The molecule has 0 aliphatic carbocycles. The van der Waals surface area contributed by atoms with E-state index in [4.69, 9.17) is 0 Å². The minimum absolute atomic E-state index is 0.216. The predicted octanol–water partition coefficient (Wildman–Crippen LogP) is 6.64. The van der Waals surface area contributed by atoms with Crippen molar-refractivity contribution in [3.05, 3.63) is 35.9 Å².